The van der Waals surface area contributed by atoms with Crippen molar-refractivity contribution in [2.75, 3.05) is 26.3 Å². The van der Waals surface area contributed by atoms with Gasteiger partial charge in [0.25, 0.3) is 0 Å². The molecule has 6 atom stereocenters. The lowest BCUT2D eigenvalue weighted by molar-refractivity contribution is -0.162. The van der Waals surface area contributed by atoms with Crippen molar-refractivity contribution < 1.29 is 29.0 Å². The number of nitrogens with zero attached hydrogens (tertiary/aromatic N) is 2. The predicted octanol–water partition coefficient (Wildman–Crippen LogP) is 3.48. The molecule has 0 saturated carbocycles. The van der Waals surface area contributed by atoms with E-state index in [0.717, 1.165) is 25.7 Å². The fraction of sp³-hybridized carbons (Fsp3) is 0.759. The number of aliphatic hydroxyl groups excluding tert-OH is 1. The van der Waals surface area contributed by atoms with Gasteiger partial charge in [0, 0.05) is 13.1 Å². The fourth-order valence-electron chi connectivity index (χ4n) is 6.60. The van der Waals surface area contributed by atoms with E-state index < -0.39 is 41.1 Å². The molecule has 8 heteroatoms. The van der Waals surface area contributed by atoms with Crippen molar-refractivity contribution in [1.29, 1.82) is 0 Å². The summed E-state index contributed by atoms with van der Waals surface area (Å²) in [5.41, 5.74) is -1.99. The smallest absolute Gasteiger partial charge is 0.312 e. The second-order valence-corrected chi connectivity index (χ2v) is 11.3. The highest BCUT2D eigenvalue weighted by Crippen LogP contribution is 2.63. The number of ether oxygens (including phenoxy) is 2. The van der Waals surface area contributed by atoms with Gasteiger partial charge in [0.2, 0.25) is 11.8 Å². The molecular weight excluding hydrogens is 472 g/mol. The number of esters is 1. The van der Waals surface area contributed by atoms with Crippen LogP contribution in [0.1, 0.15) is 72.6 Å². The molecule has 1 spiro atoms. The number of likely N-dealkylation sites (tertiary alicyclic amines) is 1. The Kier molecular flexibility index (Phi) is 9.62. The van der Waals surface area contributed by atoms with E-state index in [4.69, 9.17) is 9.47 Å². The minimum absolute atomic E-state index is 0.0916. The SMILES string of the molecule is C=CCCCCOC(=O)[C@@H]1[C@H]2C(=O)N([C@@H](CO)C(C)C)C(C(=O)N(CC=C)CCCC)C23CC[C@@]1(C)O3. The van der Waals surface area contributed by atoms with Gasteiger partial charge in [0.15, 0.2) is 0 Å². The third-order valence-corrected chi connectivity index (χ3v) is 8.51. The number of fused-ring (bicyclic) bond motifs is 1. The third kappa shape index (κ3) is 5.24. The summed E-state index contributed by atoms with van der Waals surface area (Å²) in [6.07, 6.45) is 8.77. The van der Waals surface area contributed by atoms with Crippen LogP contribution < -0.4 is 0 Å². The number of carbonyl (C=O) groups excluding carboxylic acids is 3. The first-order valence-corrected chi connectivity index (χ1v) is 13.9. The van der Waals surface area contributed by atoms with Crippen LogP contribution in [0.3, 0.4) is 0 Å². The molecule has 2 unspecified atom stereocenters. The second kappa shape index (κ2) is 12.1. The number of amides is 2. The quantitative estimate of drug-likeness (QED) is 0.203. The zero-order chi connectivity index (χ0) is 27.4. The normalized spacial score (nSPS) is 30.9. The molecule has 3 saturated heterocycles. The van der Waals surface area contributed by atoms with Crippen molar-refractivity contribution >= 4 is 17.8 Å². The summed E-state index contributed by atoms with van der Waals surface area (Å²) < 4.78 is 12.3. The van der Waals surface area contributed by atoms with Crippen LogP contribution in [0.4, 0.5) is 0 Å². The minimum Gasteiger partial charge on any atom is -0.465 e. The first-order valence-electron chi connectivity index (χ1n) is 13.9. The van der Waals surface area contributed by atoms with Crippen LogP contribution in [-0.2, 0) is 23.9 Å². The van der Waals surface area contributed by atoms with Crippen LogP contribution in [0.25, 0.3) is 0 Å². The molecule has 2 amide bonds. The number of hydrogen-bond acceptors (Lipinski definition) is 6. The van der Waals surface area contributed by atoms with Gasteiger partial charge in [-0.05, 0) is 51.4 Å². The van der Waals surface area contributed by atoms with Crippen molar-refractivity contribution in [2.45, 2.75) is 95.9 Å². The van der Waals surface area contributed by atoms with E-state index in [-0.39, 0.29) is 30.9 Å². The predicted molar refractivity (Wildman–Crippen MR) is 141 cm³/mol. The van der Waals surface area contributed by atoms with E-state index in [1.807, 2.05) is 26.8 Å². The Bertz CT molecular complexity index is 874. The van der Waals surface area contributed by atoms with Gasteiger partial charge in [-0.1, -0.05) is 39.3 Å². The molecule has 3 heterocycles. The summed E-state index contributed by atoms with van der Waals surface area (Å²) in [6, 6.07) is -1.47. The Morgan fingerprint density at radius 3 is 2.57 bits per heavy atom. The van der Waals surface area contributed by atoms with E-state index in [9.17, 15) is 19.5 Å². The highest BCUT2D eigenvalue weighted by Gasteiger charge is 2.79. The monoisotopic (exact) mass is 518 g/mol. The molecule has 208 valence electrons. The van der Waals surface area contributed by atoms with Crippen molar-refractivity contribution in [2.24, 2.45) is 17.8 Å². The molecule has 0 aromatic rings. The molecule has 3 aliphatic heterocycles. The Hall–Kier alpha value is -2.19. The zero-order valence-electron chi connectivity index (χ0n) is 23.1. The van der Waals surface area contributed by atoms with Crippen molar-refractivity contribution in [3.63, 3.8) is 0 Å². The number of aliphatic hydroxyl groups is 1. The number of rotatable bonds is 15. The molecule has 37 heavy (non-hydrogen) atoms. The van der Waals surface area contributed by atoms with E-state index in [1.165, 1.54) is 0 Å². The van der Waals surface area contributed by atoms with Crippen molar-refractivity contribution in [3.8, 4) is 0 Å². The lowest BCUT2D eigenvalue weighted by Gasteiger charge is -2.40. The van der Waals surface area contributed by atoms with Gasteiger partial charge in [-0.25, -0.2) is 0 Å². The first-order chi connectivity index (χ1) is 17.6. The maximum Gasteiger partial charge on any atom is 0.312 e. The lowest BCUT2D eigenvalue weighted by atomic mass is 9.66. The number of carbonyl (C=O) groups is 3. The molecule has 0 radical (unpaired) electrons. The van der Waals surface area contributed by atoms with Crippen LogP contribution in [0.2, 0.25) is 0 Å². The standard InChI is InChI=1S/C29H46N2O6/c1-7-10-12-13-18-36-27(35)23-22-25(33)31(21(19-32)20(4)5)24(29(22)15-14-28(23,6)37-29)26(34)30(16-9-3)17-11-8-2/h7,9,20-24,32H,1,3,8,10-19H2,2,4-6H3/t21-,22-,23-,24?,28+,29?/m0/s1. The number of unbranched alkanes of at least 4 members (excludes halogenated alkanes) is 3. The fourth-order valence-corrected chi connectivity index (χ4v) is 6.60. The summed E-state index contributed by atoms with van der Waals surface area (Å²) in [7, 11) is 0. The molecule has 3 fully saturated rings. The van der Waals surface area contributed by atoms with Gasteiger partial charge in [0.1, 0.15) is 17.6 Å². The van der Waals surface area contributed by atoms with E-state index >= 15 is 0 Å². The van der Waals surface area contributed by atoms with Gasteiger partial charge in [0.05, 0.1) is 30.8 Å². The average Bonchev–Trinajstić information content (AvgIpc) is 3.42. The van der Waals surface area contributed by atoms with Crippen molar-refractivity contribution in [1.82, 2.24) is 9.80 Å². The van der Waals surface area contributed by atoms with E-state index in [0.29, 0.717) is 32.4 Å². The van der Waals surface area contributed by atoms with Gasteiger partial charge in [-0.3, -0.25) is 14.4 Å². The summed E-state index contributed by atoms with van der Waals surface area (Å²) in [4.78, 5) is 45.1. The maximum absolute atomic E-state index is 14.2. The Labute approximate surface area is 222 Å². The average molecular weight is 519 g/mol. The van der Waals surface area contributed by atoms with Crippen molar-refractivity contribution in [3.05, 3.63) is 25.3 Å². The molecule has 8 nitrogen and oxygen atoms in total. The molecule has 3 aliphatic rings. The number of hydrogen-bond donors (Lipinski definition) is 1. The summed E-state index contributed by atoms with van der Waals surface area (Å²) in [6.45, 7) is 16.2. The summed E-state index contributed by atoms with van der Waals surface area (Å²) in [5.74, 6) is -2.63. The van der Waals surface area contributed by atoms with Crippen LogP contribution in [0, 0.1) is 17.8 Å². The Morgan fingerprint density at radius 2 is 1.97 bits per heavy atom. The van der Waals surface area contributed by atoms with Gasteiger partial charge >= 0.3 is 5.97 Å². The molecule has 1 N–H and O–H groups in total. The van der Waals surface area contributed by atoms with Crippen LogP contribution in [0.15, 0.2) is 25.3 Å². The highest BCUT2D eigenvalue weighted by atomic mass is 16.6. The minimum atomic E-state index is -1.12. The Balaban J connectivity index is 2.00. The molecular formula is C29H46N2O6. The van der Waals surface area contributed by atoms with Crippen LogP contribution in [-0.4, -0.2) is 82.3 Å². The number of allylic oxidation sites excluding steroid dienone is 1. The topological polar surface area (TPSA) is 96.4 Å². The largest absolute Gasteiger partial charge is 0.465 e. The maximum atomic E-state index is 14.2. The summed E-state index contributed by atoms with van der Waals surface area (Å²) in [5, 5.41) is 10.3. The molecule has 0 aromatic carbocycles. The first kappa shape index (κ1) is 29.4. The van der Waals surface area contributed by atoms with E-state index in [1.54, 1.807) is 15.9 Å². The third-order valence-electron chi connectivity index (χ3n) is 8.51. The van der Waals surface area contributed by atoms with Gasteiger partial charge in [-0.2, -0.15) is 0 Å². The summed E-state index contributed by atoms with van der Waals surface area (Å²) >= 11 is 0. The second-order valence-electron chi connectivity index (χ2n) is 11.3. The molecule has 0 aliphatic carbocycles. The molecule has 0 aromatic heterocycles. The molecule has 2 bridgehead atoms. The van der Waals surface area contributed by atoms with Gasteiger partial charge < -0.3 is 24.4 Å². The van der Waals surface area contributed by atoms with Crippen LogP contribution >= 0.6 is 0 Å². The zero-order valence-corrected chi connectivity index (χ0v) is 23.1. The highest BCUT2D eigenvalue weighted by molar-refractivity contribution is 5.98. The Morgan fingerprint density at radius 1 is 1.24 bits per heavy atom. The van der Waals surface area contributed by atoms with E-state index in [2.05, 4.69) is 20.1 Å². The lowest BCUT2D eigenvalue weighted by Crippen LogP contribution is -2.59. The molecule has 3 rings (SSSR count). The van der Waals surface area contributed by atoms with Gasteiger partial charge in [-0.15, -0.1) is 13.2 Å². The van der Waals surface area contributed by atoms with Crippen LogP contribution in [0.5, 0.6) is 0 Å².